The lowest BCUT2D eigenvalue weighted by Crippen LogP contribution is -2.01. The second-order valence-corrected chi connectivity index (χ2v) is 8.89. The first-order chi connectivity index (χ1) is 16.4. The number of benzene rings is 6. The first-order valence-corrected chi connectivity index (χ1v) is 11.6. The molecule has 0 heterocycles. The summed E-state index contributed by atoms with van der Waals surface area (Å²) in [6, 6.07) is 46.7. The summed E-state index contributed by atoms with van der Waals surface area (Å²) in [7, 11) is 0. The van der Waals surface area contributed by atoms with E-state index in [2.05, 4.69) is 127 Å². The third-order valence-corrected chi connectivity index (χ3v) is 7.13. The Kier molecular flexibility index (Phi) is 4.01. The average molecular weight is 419 g/mol. The molecule has 0 saturated carbocycles. The number of hydrogen-bond donors (Lipinski definition) is 0. The molecule has 0 nitrogen and oxygen atoms in total. The van der Waals surface area contributed by atoms with Crippen molar-refractivity contribution in [2.24, 2.45) is 0 Å². The summed E-state index contributed by atoms with van der Waals surface area (Å²) in [5.74, 6) is 0.228. The van der Waals surface area contributed by atoms with Gasteiger partial charge in [0, 0.05) is 5.92 Å². The van der Waals surface area contributed by atoms with Crippen LogP contribution in [-0.4, -0.2) is 0 Å². The first kappa shape index (κ1) is 18.4. The zero-order valence-electron chi connectivity index (χ0n) is 18.2. The zero-order valence-corrected chi connectivity index (χ0v) is 18.2. The molecule has 154 valence electrons. The van der Waals surface area contributed by atoms with Gasteiger partial charge in [-0.15, -0.1) is 0 Å². The van der Waals surface area contributed by atoms with Crippen LogP contribution >= 0.6 is 0 Å². The minimum absolute atomic E-state index is 0.228. The molecule has 1 atom stereocenters. The number of hydrogen-bond acceptors (Lipinski definition) is 0. The van der Waals surface area contributed by atoms with Crippen LogP contribution in [0.1, 0.15) is 22.6 Å². The number of fused-ring (bicyclic) bond motifs is 5. The predicted molar refractivity (Wildman–Crippen MR) is 140 cm³/mol. The lowest BCUT2D eigenvalue weighted by Gasteiger charge is -2.20. The maximum atomic E-state index is 2.33. The van der Waals surface area contributed by atoms with Crippen LogP contribution in [0.25, 0.3) is 43.8 Å². The Morgan fingerprint density at radius 3 is 1.76 bits per heavy atom. The van der Waals surface area contributed by atoms with Gasteiger partial charge in [0.1, 0.15) is 0 Å². The summed E-state index contributed by atoms with van der Waals surface area (Å²) >= 11 is 0. The van der Waals surface area contributed by atoms with Crippen LogP contribution in [0.15, 0.2) is 127 Å². The smallest absolute Gasteiger partial charge is 0.0358 e. The Hall–Kier alpha value is -4.16. The summed E-state index contributed by atoms with van der Waals surface area (Å²) in [4.78, 5) is 0. The summed E-state index contributed by atoms with van der Waals surface area (Å²) in [5.41, 5.74) is 9.56. The van der Waals surface area contributed by atoms with Crippen molar-refractivity contribution in [1.82, 2.24) is 0 Å². The first-order valence-electron chi connectivity index (χ1n) is 11.6. The highest BCUT2D eigenvalue weighted by molar-refractivity contribution is 6.14. The maximum absolute atomic E-state index is 2.33. The van der Waals surface area contributed by atoms with Gasteiger partial charge in [-0.3, -0.25) is 0 Å². The van der Waals surface area contributed by atoms with Gasteiger partial charge < -0.3 is 0 Å². The second kappa shape index (κ2) is 7.18. The van der Waals surface area contributed by atoms with Gasteiger partial charge in [0.25, 0.3) is 0 Å². The van der Waals surface area contributed by atoms with Gasteiger partial charge >= 0.3 is 0 Å². The monoisotopic (exact) mass is 418 g/mol. The van der Waals surface area contributed by atoms with E-state index in [0.717, 1.165) is 0 Å². The van der Waals surface area contributed by atoms with Gasteiger partial charge in [0.15, 0.2) is 0 Å². The Bertz CT molecular complexity index is 1600. The van der Waals surface area contributed by atoms with Crippen LogP contribution in [0.3, 0.4) is 0 Å². The van der Waals surface area contributed by atoms with Crippen LogP contribution in [0.4, 0.5) is 0 Å². The van der Waals surface area contributed by atoms with E-state index in [-0.39, 0.29) is 5.92 Å². The minimum atomic E-state index is 0.228. The molecule has 1 aliphatic carbocycles. The fourth-order valence-electron chi connectivity index (χ4n) is 5.77. The fraction of sp³-hybridized carbons (Fsp3) is 0.0303. The molecule has 6 aromatic carbocycles. The van der Waals surface area contributed by atoms with E-state index in [1.54, 1.807) is 0 Å². The lowest BCUT2D eigenvalue weighted by molar-refractivity contribution is 1.02. The van der Waals surface area contributed by atoms with Gasteiger partial charge in [-0.2, -0.15) is 0 Å². The van der Waals surface area contributed by atoms with Crippen molar-refractivity contribution >= 4 is 21.5 Å². The summed E-state index contributed by atoms with van der Waals surface area (Å²) in [6.45, 7) is 0. The predicted octanol–water partition coefficient (Wildman–Crippen LogP) is 8.82. The van der Waals surface area contributed by atoms with Crippen molar-refractivity contribution in [2.75, 3.05) is 0 Å². The van der Waals surface area contributed by atoms with E-state index in [1.807, 2.05) is 0 Å². The molecule has 0 saturated heterocycles. The zero-order chi connectivity index (χ0) is 21.8. The highest BCUT2D eigenvalue weighted by atomic mass is 14.3. The Balaban J connectivity index is 1.63. The molecule has 1 aliphatic rings. The molecule has 0 bridgehead atoms. The quantitative estimate of drug-likeness (QED) is 0.246. The Morgan fingerprint density at radius 1 is 0.424 bits per heavy atom. The van der Waals surface area contributed by atoms with Crippen LogP contribution < -0.4 is 0 Å². The van der Waals surface area contributed by atoms with Gasteiger partial charge in [-0.25, -0.2) is 0 Å². The standard InChI is InChI=1S/C33H22/c1-2-11-22(12-3-1)31-28-18-9-8-17-27(28)29-19-10-20-30(33(29)31)32-25-15-6-4-13-23(25)21-24-14-5-7-16-26(24)32/h1-21,31H. The molecule has 6 aromatic rings. The highest BCUT2D eigenvalue weighted by Gasteiger charge is 2.32. The van der Waals surface area contributed by atoms with E-state index in [9.17, 15) is 0 Å². The van der Waals surface area contributed by atoms with Crippen LogP contribution in [-0.2, 0) is 0 Å². The molecule has 0 spiro atoms. The molecule has 0 amide bonds. The summed E-state index contributed by atoms with van der Waals surface area (Å²) in [6.07, 6.45) is 0. The topological polar surface area (TPSA) is 0 Å². The Morgan fingerprint density at radius 2 is 1.00 bits per heavy atom. The largest absolute Gasteiger partial charge is 0.0622 e. The average Bonchev–Trinajstić information content (AvgIpc) is 3.23. The van der Waals surface area contributed by atoms with Crippen molar-refractivity contribution in [3.63, 3.8) is 0 Å². The minimum Gasteiger partial charge on any atom is -0.0622 e. The molecule has 0 fully saturated rings. The van der Waals surface area contributed by atoms with Crippen molar-refractivity contribution in [1.29, 1.82) is 0 Å². The van der Waals surface area contributed by atoms with Crippen molar-refractivity contribution in [2.45, 2.75) is 5.92 Å². The molecular weight excluding hydrogens is 396 g/mol. The molecule has 33 heavy (non-hydrogen) atoms. The van der Waals surface area contributed by atoms with Crippen LogP contribution in [0.5, 0.6) is 0 Å². The molecule has 0 N–H and O–H groups in total. The molecular formula is C33H22. The van der Waals surface area contributed by atoms with E-state index in [0.29, 0.717) is 0 Å². The number of rotatable bonds is 2. The van der Waals surface area contributed by atoms with Crippen molar-refractivity contribution in [3.8, 4) is 22.3 Å². The molecule has 7 rings (SSSR count). The SMILES string of the molecule is c1ccc(C2c3ccccc3-c3cccc(-c4c5ccccc5cc5ccccc45)c32)cc1. The fourth-order valence-corrected chi connectivity index (χ4v) is 5.77. The normalized spacial score (nSPS) is 14.4. The summed E-state index contributed by atoms with van der Waals surface area (Å²) in [5, 5.41) is 5.20. The molecule has 0 heteroatoms. The van der Waals surface area contributed by atoms with E-state index >= 15 is 0 Å². The summed E-state index contributed by atoms with van der Waals surface area (Å²) < 4.78 is 0. The maximum Gasteiger partial charge on any atom is 0.0358 e. The van der Waals surface area contributed by atoms with Gasteiger partial charge in [-0.05, 0) is 66.6 Å². The van der Waals surface area contributed by atoms with Gasteiger partial charge in [0.2, 0.25) is 0 Å². The van der Waals surface area contributed by atoms with Crippen molar-refractivity contribution < 1.29 is 0 Å². The van der Waals surface area contributed by atoms with Gasteiger partial charge in [-0.1, -0.05) is 121 Å². The third kappa shape index (κ3) is 2.71. The molecule has 0 aromatic heterocycles. The Labute approximate surface area is 193 Å². The second-order valence-electron chi connectivity index (χ2n) is 8.89. The molecule has 0 radical (unpaired) electrons. The van der Waals surface area contributed by atoms with E-state index in [4.69, 9.17) is 0 Å². The van der Waals surface area contributed by atoms with Crippen LogP contribution in [0, 0.1) is 0 Å². The van der Waals surface area contributed by atoms with Crippen molar-refractivity contribution in [3.05, 3.63) is 144 Å². The van der Waals surface area contributed by atoms with E-state index in [1.165, 1.54) is 60.5 Å². The highest BCUT2D eigenvalue weighted by Crippen LogP contribution is 2.52. The van der Waals surface area contributed by atoms with Crippen LogP contribution in [0.2, 0.25) is 0 Å². The third-order valence-electron chi connectivity index (χ3n) is 7.13. The van der Waals surface area contributed by atoms with Gasteiger partial charge in [0.05, 0.1) is 0 Å². The lowest BCUT2D eigenvalue weighted by atomic mass is 9.82. The molecule has 1 unspecified atom stereocenters. The molecule has 0 aliphatic heterocycles. The van der Waals surface area contributed by atoms with E-state index < -0.39 is 0 Å².